The molecule has 0 rings (SSSR count). The van der Waals surface area contributed by atoms with Crippen LogP contribution < -0.4 is 17.0 Å². The SMILES string of the molecule is C=CCCCCCCCCC(=O)OCC[N+](C)(C)CCOC(=O)CCCCCCCCC=C.[Br-]. The highest BCUT2D eigenvalue weighted by atomic mass is 79.9. The van der Waals surface area contributed by atoms with Gasteiger partial charge in [-0.1, -0.05) is 63.5 Å². The summed E-state index contributed by atoms with van der Waals surface area (Å²) < 4.78 is 11.4. The van der Waals surface area contributed by atoms with E-state index in [9.17, 15) is 9.59 Å². The normalized spacial score (nSPS) is 10.9. The third-order valence-corrected chi connectivity index (χ3v) is 6.00. The first-order chi connectivity index (χ1) is 15.9. The van der Waals surface area contributed by atoms with Crippen LogP contribution in [-0.2, 0) is 19.1 Å². The van der Waals surface area contributed by atoms with Gasteiger partial charge in [-0.15, -0.1) is 13.2 Å². The molecule has 34 heavy (non-hydrogen) atoms. The number of ether oxygens (including phenoxy) is 2. The van der Waals surface area contributed by atoms with Crippen LogP contribution in [0.4, 0.5) is 0 Å². The molecule has 0 saturated carbocycles. The van der Waals surface area contributed by atoms with Crippen molar-refractivity contribution in [1.29, 1.82) is 0 Å². The fourth-order valence-electron chi connectivity index (χ4n) is 3.60. The van der Waals surface area contributed by atoms with Crippen molar-refractivity contribution >= 4 is 11.9 Å². The molecule has 0 N–H and O–H groups in total. The van der Waals surface area contributed by atoms with Gasteiger partial charge in [0.15, 0.2) is 0 Å². The second-order valence-electron chi connectivity index (χ2n) is 9.72. The molecule has 0 aromatic heterocycles. The summed E-state index contributed by atoms with van der Waals surface area (Å²) in [7, 11) is 4.14. The molecular formula is C28H52BrNO4. The van der Waals surface area contributed by atoms with Gasteiger partial charge in [-0.05, 0) is 38.5 Å². The van der Waals surface area contributed by atoms with E-state index in [1.54, 1.807) is 0 Å². The molecule has 0 aliphatic rings. The highest BCUT2D eigenvalue weighted by Gasteiger charge is 2.17. The maximum Gasteiger partial charge on any atom is 0.305 e. The van der Waals surface area contributed by atoms with Gasteiger partial charge >= 0.3 is 11.9 Å². The van der Waals surface area contributed by atoms with Gasteiger partial charge in [0.2, 0.25) is 0 Å². The summed E-state index contributed by atoms with van der Waals surface area (Å²) >= 11 is 0. The van der Waals surface area contributed by atoms with Crippen LogP contribution >= 0.6 is 0 Å². The number of likely N-dealkylation sites (N-methyl/N-ethyl adjacent to an activating group) is 1. The molecule has 6 heteroatoms. The van der Waals surface area contributed by atoms with Crippen molar-refractivity contribution in [3.8, 4) is 0 Å². The number of unbranched alkanes of at least 4 members (excludes halogenated alkanes) is 12. The predicted molar refractivity (Wildman–Crippen MR) is 138 cm³/mol. The van der Waals surface area contributed by atoms with Crippen molar-refractivity contribution < 1.29 is 40.5 Å². The zero-order valence-electron chi connectivity index (χ0n) is 22.2. The standard InChI is InChI=1S/C28H52NO4.BrH/c1-5-7-9-11-13-15-17-19-21-27(30)32-25-23-29(3,4)24-26-33-28(31)22-20-18-16-14-12-10-8-6-2;/h5-6H,1-2,7-26H2,3-4H3;1H/q+1;/p-1. The van der Waals surface area contributed by atoms with E-state index >= 15 is 0 Å². The fourth-order valence-corrected chi connectivity index (χ4v) is 3.60. The lowest BCUT2D eigenvalue weighted by Crippen LogP contribution is -3.00. The number of carbonyl (C=O) groups is 2. The molecule has 0 fully saturated rings. The van der Waals surface area contributed by atoms with Gasteiger partial charge in [0.1, 0.15) is 26.3 Å². The highest BCUT2D eigenvalue weighted by Crippen LogP contribution is 2.10. The van der Waals surface area contributed by atoms with E-state index < -0.39 is 0 Å². The number of nitrogens with zero attached hydrogens (tertiary/aromatic N) is 1. The first-order valence-corrected chi connectivity index (χ1v) is 13.3. The molecule has 0 aromatic carbocycles. The molecule has 0 aliphatic heterocycles. The Labute approximate surface area is 220 Å². The number of hydrogen-bond acceptors (Lipinski definition) is 4. The Morgan fingerprint density at radius 3 is 1.29 bits per heavy atom. The Kier molecular flexibility index (Phi) is 25.7. The van der Waals surface area contributed by atoms with Gasteiger partial charge in [0.25, 0.3) is 0 Å². The van der Waals surface area contributed by atoms with Crippen LogP contribution in [-0.4, -0.2) is 56.8 Å². The number of esters is 2. The van der Waals surface area contributed by atoms with Crippen LogP contribution in [0.25, 0.3) is 0 Å². The molecule has 0 radical (unpaired) electrons. The van der Waals surface area contributed by atoms with Crippen LogP contribution in [0.3, 0.4) is 0 Å². The van der Waals surface area contributed by atoms with Crippen LogP contribution in [0.1, 0.15) is 103 Å². The summed E-state index contributed by atoms with van der Waals surface area (Å²) in [5, 5.41) is 0. The Bertz CT molecular complexity index is 479. The summed E-state index contributed by atoms with van der Waals surface area (Å²) in [5.74, 6) is -0.206. The lowest BCUT2D eigenvalue weighted by Gasteiger charge is -2.29. The third-order valence-electron chi connectivity index (χ3n) is 6.00. The maximum atomic E-state index is 11.9. The first kappa shape index (κ1) is 35.0. The van der Waals surface area contributed by atoms with Crippen molar-refractivity contribution in [1.82, 2.24) is 0 Å². The quantitative estimate of drug-likeness (QED) is 0.0801. The first-order valence-electron chi connectivity index (χ1n) is 13.3. The molecule has 200 valence electrons. The Morgan fingerprint density at radius 2 is 0.941 bits per heavy atom. The van der Waals surface area contributed by atoms with E-state index in [4.69, 9.17) is 9.47 Å². The number of allylic oxidation sites excluding steroid dienone is 2. The van der Waals surface area contributed by atoms with Crippen LogP contribution in [0.2, 0.25) is 0 Å². The zero-order valence-corrected chi connectivity index (χ0v) is 23.8. The molecule has 0 heterocycles. The van der Waals surface area contributed by atoms with Crippen LogP contribution in [0.15, 0.2) is 25.3 Å². The average molecular weight is 547 g/mol. The minimum atomic E-state index is -0.103. The summed E-state index contributed by atoms with van der Waals surface area (Å²) in [5.41, 5.74) is 0. The van der Waals surface area contributed by atoms with Crippen molar-refractivity contribution in [2.45, 2.75) is 103 Å². The summed E-state index contributed by atoms with van der Waals surface area (Å²) in [6, 6.07) is 0. The summed E-state index contributed by atoms with van der Waals surface area (Å²) in [6.07, 6.45) is 20.9. The van der Waals surface area contributed by atoms with Crippen molar-refractivity contribution in [3.05, 3.63) is 25.3 Å². The lowest BCUT2D eigenvalue weighted by atomic mass is 10.1. The molecule has 5 nitrogen and oxygen atoms in total. The summed E-state index contributed by atoms with van der Waals surface area (Å²) in [4.78, 5) is 23.8. The van der Waals surface area contributed by atoms with Crippen LogP contribution in [0, 0.1) is 0 Å². The fraction of sp³-hybridized carbons (Fsp3) is 0.786. The molecule has 0 unspecified atom stereocenters. The molecule has 0 aliphatic carbocycles. The van der Waals surface area contributed by atoms with E-state index in [0.717, 1.165) is 51.6 Å². The average Bonchev–Trinajstić information content (AvgIpc) is 2.77. The Morgan fingerprint density at radius 1 is 0.618 bits per heavy atom. The highest BCUT2D eigenvalue weighted by molar-refractivity contribution is 5.69. The van der Waals surface area contributed by atoms with E-state index in [-0.39, 0.29) is 28.9 Å². The maximum absolute atomic E-state index is 11.9. The number of rotatable bonds is 24. The van der Waals surface area contributed by atoms with E-state index in [2.05, 4.69) is 27.3 Å². The predicted octanol–water partition coefficient (Wildman–Crippen LogP) is 3.77. The molecule has 0 saturated heterocycles. The second kappa shape index (κ2) is 25.0. The van der Waals surface area contributed by atoms with E-state index in [0.29, 0.717) is 30.5 Å². The minimum absolute atomic E-state index is 0. The monoisotopic (exact) mass is 545 g/mol. The van der Waals surface area contributed by atoms with E-state index in [1.807, 2.05) is 12.2 Å². The molecular weight excluding hydrogens is 494 g/mol. The Hall–Kier alpha value is -1.14. The van der Waals surface area contributed by atoms with Gasteiger partial charge in [-0.3, -0.25) is 9.59 Å². The molecule has 0 amide bonds. The number of quaternary nitrogens is 1. The smallest absolute Gasteiger partial charge is 0.305 e. The summed E-state index contributed by atoms with van der Waals surface area (Å²) in [6.45, 7) is 9.74. The minimum Gasteiger partial charge on any atom is -1.00 e. The largest absolute Gasteiger partial charge is 1.00 e. The van der Waals surface area contributed by atoms with Crippen molar-refractivity contribution in [3.63, 3.8) is 0 Å². The molecule has 0 atom stereocenters. The van der Waals surface area contributed by atoms with Gasteiger partial charge in [0.05, 0.1) is 14.1 Å². The van der Waals surface area contributed by atoms with Gasteiger partial charge in [-0.25, -0.2) is 0 Å². The van der Waals surface area contributed by atoms with E-state index in [1.165, 1.54) is 51.4 Å². The second-order valence-corrected chi connectivity index (χ2v) is 9.72. The Balaban J connectivity index is 0. The topological polar surface area (TPSA) is 52.6 Å². The number of hydrogen-bond donors (Lipinski definition) is 0. The van der Waals surface area contributed by atoms with Gasteiger partial charge in [0, 0.05) is 12.8 Å². The van der Waals surface area contributed by atoms with Gasteiger partial charge < -0.3 is 30.9 Å². The third kappa shape index (κ3) is 25.5. The number of carbonyl (C=O) groups excluding carboxylic acids is 2. The van der Waals surface area contributed by atoms with Gasteiger partial charge in [-0.2, -0.15) is 0 Å². The van der Waals surface area contributed by atoms with Crippen molar-refractivity contribution in [2.75, 3.05) is 40.4 Å². The van der Waals surface area contributed by atoms with Crippen molar-refractivity contribution in [2.24, 2.45) is 0 Å². The zero-order chi connectivity index (χ0) is 24.6. The lowest BCUT2D eigenvalue weighted by molar-refractivity contribution is -0.890. The number of halogens is 1. The van der Waals surface area contributed by atoms with Crippen LogP contribution in [0.5, 0.6) is 0 Å². The molecule has 0 aromatic rings. The molecule has 0 bridgehead atoms. The molecule has 0 spiro atoms.